The van der Waals surface area contributed by atoms with Crippen molar-refractivity contribution in [3.05, 3.63) is 53.6 Å². The van der Waals surface area contributed by atoms with Crippen molar-refractivity contribution >= 4 is 17.4 Å². The summed E-state index contributed by atoms with van der Waals surface area (Å²) in [5, 5.41) is 10.7. The predicted octanol–water partition coefficient (Wildman–Crippen LogP) is 1.83. The van der Waals surface area contributed by atoms with Crippen LogP contribution in [0.3, 0.4) is 0 Å². The first-order valence-corrected chi connectivity index (χ1v) is 9.12. The molecule has 1 N–H and O–H groups in total. The number of carbonyl (C=O) groups is 2. The highest BCUT2D eigenvalue weighted by Crippen LogP contribution is 2.40. The molecule has 7 nitrogen and oxygen atoms in total. The van der Waals surface area contributed by atoms with Crippen LogP contribution >= 0.6 is 0 Å². The molecule has 2 aliphatic rings. The SMILES string of the molecule is COc1cc2c(cc1OCc1ccccc1)N(C)[C@@H](O)[C@@H]1CC(=O)CN1C2=O. The lowest BCUT2D eigenvalue weighted by Gasteiger charge is -2.30. The van der Waals surface area contributed by atoms with Gasteiger partial charge in [0.15, 0.2) is 17.3 Å². The summed E-state index contributed by atoms with van der Waals surface area (Å²) in [6.45, 7) is 0.363. The molecule has 2 aliphatic heterocycles. The Morgan fingerprint density at radius 2 is 1.89 bits per heavy atom. The van der Waals surface area contributed by atoms with Crippen LogP contribution in [0.4, 0.5) is 5.69 Å². The number of fused-ring (bicyclic) bond motifs is 2. The van der Waals surface area contributed by atoms with E-state index in [4.69, 9.17) is 9.47 Å². The molecule has 146 valence electrons. The Hall–Kier alpha value is -3.06. The fourth-order valence-electron chi connectivity index (χ4n) is 3.78. The summed E-state index contributed by atoms with van der Waals surface area (Å²) in [5.74, 6) is 0.566. The van der Waals surface area contributed by atoms with E-state index in [1.807, 2.05) is 30.3 Å². The minimum absolute atomic E-state index is 0.0163. The van der Waals surface area contributed by atoms with E-state index in [2.05, 4.69) is 0 Å². The number of hydrogen-bond donors (Lipinski definition) is 1. The van der Waals surface area contributed by atoms with Gasteiger partial charge in [-0.25, -0.2) is 0 Å². The number of likely N-dealkylation sites (N-methyl/N-ethyl adjacent to an activating group) is 1. The number of hydrogen-bond acceptors (Lipinski definition) is 6. The smallest absolute Gasteiger partial charge is 0.256 e. The average molecular weight is 382 g/mol. The second-order valence-electron chi connectivity index (χ2n) is 7.06. The van der Waals surface area contributed by atoms with Crippen molar-refractivity contribution in [3.63, 3.8) is 0 Å². The van der Waals surface area contributed by atoms with Crippen LogP contribution in [0.1, 0.15) is 22.3 Å². The molecule has 0 aromatic heterocycles. The van der Waals surface area contributed by atoms with Crippen molar-refractivity contribution in [1.29, 1.82) is 0 Å². The number of anilines is 1. The van der Waals surface area contributed by atoms with Crippen LogP contribution in [0.15, 0.2) is 42.5 Å². The van der Waals surface area contributed by atoms with Crippen LogP contribution in [0.5, 0.6) is 11.5 Å². The van der Waals surface area contributed by atoms with Gasteiger partial charge in [-0.15, -0.1) is 0 Å². The largest absolute Gasteiger partial charge is 0.493 e. The molecule has 0 aliphatic carbocycles. The summed E-state index contributed by atoms with van der Waals surface area (Å²) in [6.07, 6.45) is -0.827. The van der Waals surface area contributed by atoms with E-state index in [1.54, 1.807) is 24.1 Å². The first-order chi connectivity index (χ1) is 13.5. The Morgan fingerprint density at radius 1 is 1.14 bits per heavy atom. The summed E-state index contributed by atoms with van der Waals surface area (Å²) in [5.41, 5.74) is 1.92. The highest BCUT2D eigenvalue weighted by molar-refractivity contribution is 6.04. The Bertz CT molecular complexity index is 915. The number of methoxy groups -OCH3 is 1. The number of carbonyl (C=O) groups excluding carboxylic acids is 2. The topological polar surface area (TPSA) is 79.3 Å². The summed E-state index contributed by atoms with van der Waals surface area (Å²) in [7, 11) is 3.22. The monoisotopic (exact) mass is 382 g/mol. The third-order valence-electron chi connectivity index (χ3n) is 5.32. The van der Waals surface area contributed by atoms with Crippen molar-refractivity contribution < 1.29 is 24.2 Å². The van der Waals surface area contributed by atoms with Gasteiger partial charge >= 0.3 is 0 Å². The summed E-state index contributed by atoms with van der Waals surface area (Å²) in [6, 6.07) is 12.5. The molecular weight excluding hydrogens is 360 g/mol. The third kappa shape index (κ3) is 3.07. The second kappa shape index (κ2) is 7.16. The van der Waals surface area contributed by atoms with Gasteiger partial charge in [0, 0.05) is 19.5 Å². The Kier molecular flexibility index (Phi) is 4.68. The zero-order valence-corrected chi connectivity index (χ0v) is 15.8. The average Bonchev–Trinajstić information content (AvgIpc) is 3.09. The third-order valence-corrected chi connectivity index (χ3v) is 5.32. The van der Waals surface area contributed by atoms with Gasteiger partial charge in [0.1, 0.15) is 12.8 Å². The molecule has 7 heteroatoms. The van der Waals surface area contributed by atoms with E-state index < -0.39 is 12.3 Å². The quantitative estimate of drug-likeness (QED) is 0.869. The van der Waals surface area contributed by atoms with Crippen LogP contribution in [-0.2, 0) is 11.4 Å². The molecule has 2 atom stereocenters. The lowest BCUT2D eigenvalue weighted by molar-refractivity contribution is -0.116. The highest BCUT2D eigenvalue weighted by atomic mass is 16.5. The number of rotatable bonds is 4. The standard InChI is InChI=1S/C21H22N2O5/c1-22-16-10-19(28-12-13-6-4-3-5-7-13)18(27-2)9-15(16)20(25)23-11-14(24)8-17(23)21(22)26/h3-7,9-10,17,21,26H,8,11-12H2,1-2H3/t17-,21-/m0/s1. The molecule has 0 unspecified atom stereocenters. The number of aliphatic hydroxyl groups is 1. The van der Waals surface area contributed by atoms with Crippen molar-refractivity contribution in [1.82, 2.24) is 4.90 Å². The summed E-state index contributed by atoms with van der Waals surface area (Å²) >= 11 is 0. The number of Topliss-reactive ketones (excluding diaryl/α,β-unsaturated/α-hetero) is 1. The Morgan fingerprint density at radius 3 is 2.61 bits per heavy atom. The molecule has 0 bridgehead atoms. The fourth-order valence-corrected chi connectivity index (χ4v) is 3.78. The van der Waals surface area contributed by atoms with Gasteiger partial charge < -0.3 is 24.4 Å². The molecular formula is C21H22N2O5. The van der Waals surface area contributed by atoms with E-state index in [0.29, 0.717) is 29.4 Å². The number of ether oxygens (including phenoxy) is 2. The maximum Gasteiger partial charge on any atom is 0.256 e. The Labute approximate surface area is 163 Å². The predicted molar refractivity (Wildman–Crippen MR) is 103 cm³/mol. The second-order valence-corrected chi connectivity index (χ2v) is 7.06. The molecule has 0 radical (unpaired) electrons. The van der Waals surface area contributed by atoms with Crippen molar-refractivity contribution in [2.45, 2.75) is 25.3 Å². The molecule has 1 saturated heterocycles. The van der Waals surface area contributed by atoms with E-state index in [0.717, 1.165) is 5.56 Å². The van der Waals surface area contributed by atoms with Gasteiger partial charge in [0.25, 0.3) is 5.91 Å². The fraction of sp³-hybridized carbons (Fsp3) is 0.333. The zero-order valence-electron chi connectivity index (χ0n) is 15.8. The van der Waals surface area contributed by atoms with E-state index >= 15 is 0 Å². The molecule has 2 heterocycles. The molecule has 2 aromatic carbocycles. The van der Waals surface area contributed by atoms with Crippen molar-refractivity contribution in [3.8, 4) is 11.5 Å². The van der Waals surface area contributed by atoms with Crippen molar-refractivity contribution in [2.75, 3.05) is 25.6 Å². The zero-order chi connectivity index (χ0) is 19.8. The molecule has 4 rings (SSSR count). The first-order valence-electron chi connectivity index (χ1n) is 9.12. The maximum atomic E-state index is 13.1. The van der Waals surface area contributed by atoms with Crippen LogP contribution < -0.4 is 14.4 Å². The number of ketones is 1. The van der Waals surface area contributed by atoms with E-state index in [1.165, 1.54) is 12.0 Å². The minimum atomic E-state index is -0.980. The Balaban J connectivity index is 1.71. The number of benzene rings is 2. The van der Waals surface area contributed by atoms with E-state index in [9.17, 15) is 14.7 Å². The molecule has 1 amide bonds. The van der Waals surface area contributed by atoms with Crippen LogP contribution in [0.2, 0.25) is 0 Å². The number of nitrogens with zero attached hydrogens (tertiary/aromatic N) is 2. The first kappa shape index (κ1) is 18.3. The molecule has 0 spiro atoms. The van der Waals surface area contributed by atoms with Gasteiger partial charge in [0.05, 0.1) is 30.9 Å². The van der Waals surface area contributed by atoms with E-state index in [-0.39, 0.29) is 24.7 Å². The normalized spacial score (nSPS) is 21.2. The van der Waals surface area contributed by atoms with Gasteiger partial charge in [-0.2, -0.15) is 0 Å². The van der Waals surface area contributed by atoms with Crippen LogP contribution in [-0.4, -0.2) is 54.7 Å². The number of amides is 1. The van der Waals surface area contributed by atoms with Crippen LogP contribution in [0.25, 0.3) is 0 Å². The lowest BCUT2D eigenvalue weighted by atomic mass is 10.1. The molecule has 0 saturated carbocycles. The highest BCUT2D eigenvalue weighted by Gasteiger charge is 2.44. The van der Waals surface area contributed by atoms with Gasteiger partial charge in [0.2, 0.25) is 0 Å². The van der Waals surface area contributed by atoms with Crippen molar-refractivity contribution in [2.24, 2.45) is 0 Å². The van der Waals surface area contributed by atoms with Crippen LogP contribution in [0, 0.1) is 0 Å². The molecule has 2 aromatic rings. The van der Waals surface area contributed by atoms with Gasteiger partial charge in [-0.05, 0) is 11.6 Å². The molecule has 1 fully saturated rings. The van der Waals surface area contributed by atoms with Gasteiger partial charge in [-0.1, -0.05) is 30.3 Å². The number of aliphatic hydroxyl groups excluding tert-OH is 1. The minimum Gasteiger partial charge on any atom is -0.493 e. The summed E-state index contributed by atoms with van der Waals surface area (Å²) < 4.78 is 11.4. The van der Waals surface area contributed by atoms with Gasteiger partial charge in [-0.3, -0.25) is 9.59 Å². The molecule has 28 heavy (non-hydrogen) atoms. The maximum absolute atomic E-state index is 13.1. The lowest BCUT2D eigenvalue weighted by Crippen LogP contribution is -2.47. The summed E-state index contributed by atoms with van der Waals surface area (Å²) in [4.78, 5) is 28.0.